The summed E-state index contributed by atoms with van der Waals surface area (Å²) in [5.41, 5.74) is 7.35. The summed E-state index contributed by atoms with van der Waals surface area (Å²) in [6, 6.07) is 12.0. The highest BCUT2D eigenvalue weighted by Gasteiger charge is 2.21. The van der Waals surface area contributed by atoms with Crippen LogP contribution < -0.4 is 11.1 Å². The quantitative estimate of drug-likeness (QED) is 0.649. The normalized spacial score (nSPS) is 10.9. The Morgan fingerprint density at radius 1 is 1.04 bits per heavy atom. The number of carbonyl (C=O) groups is 2. The number of phenolic OH excluding ortho intramolecular Hbond substituents is 1. The van der Waals surface area contributed by atoms with Gasteiger partial charge in [-0.1, -0.05) is 6.07 Å². The summed E-state index contributed by atoms with van der Waals surface area (Å²) in [4.78, 5) is 26.6. The molecular weight excluding hydrogens is 342 g/mol. The number of rotatable bonds is 7. The number of carbonyl (C=O) groups excluding carboxylic acids is 2. The first-order valence-corrected chi connectivity index (χ1v) is 9.01. The van der Waals surface area contributed by atoms with Gasteiger partial charge >= 0.3 is 0 Å². The van der Waals surface area contributed by atoms with E-state index in [0.29, 0.717) is 16.9 Å². The number of nitrogens with zero attached hydrogens (tertiary/aromatic N) is 1. The highest BCUT2D eigenvalue weighted by molar-refractivity contribution is 6.05. The molecule has 6 heteroatoms. The number of ketones is 1. The second-order valence-electron chi connectivity index (χ2n) is 6.93. The van der Waals surface area contributed by atoms with E-state index in [1.54, 1.807) is 36.4 Å². The minimum Gasteiger partial charge on any atom is -0.507 e. The van der Waals surface area contributed by atoms with Crippen molar-refractivity contribution >= 4 is 23.1 Å². The molecule has 4 N–H and O–H groups in total. The lowest BCUT2D eigenvalue weighted by molar-refractivity contribution is 0.0643. The van der Waals surface area contributed by atoms with Crippen LogP contribution in [0.4, 0.5) is 11.4 Å². The van der Waals surface area contributed by atoms with Crippen molar-refractivity contribution in [1.29, 1.82) is 0 Å². The van der Waals surface area contributed by atoms with Crippen molar-refractivity contribution in [3.05, 3.63) is 53.6 Å². The highest BCUT2D eigenvalue weighted by atomic mass is 16.3. The van der Waals surface area contributed by atoms with Crippen LogP contribution in [0.25, 0.3) is 0 Å². The van der Waals surface area contributed by atoms with E-state index in [0.717, 1.165) is 0 Å². The van der Waals surface area contributed by atoms with Gasteiger partial charge in [-0.2, -0.15) is 0 Å². The van der Waals surface area contributed by atoms with Gasteiger partial charge in [-0.05, 0) is 64.1 Å². The lowest BCUT2D eigenvalue weighted by atomic mass is 10.1. The molecule has 0 aromatic heterocycles. The molecule has 6 nitrogen and oxygen atoms in total. The Morgan fingerprint density at radius 3 is 2.15 bits per heavy atom. The molecule has 0 atom stereocenters. The van der Waals surface area contributed by atoms with Gasteiger partial charge in [0, 0.05) is 23.3 Å². The number of anilines is 2. The van der Waals surface area contributed by atoms with Gasteiger partial charge in [0.2, 0.25) is 0 Å². The highest BCUT2D eigenvalue weighted by Crippen LogP contribution is 2.28. The Labute approximate surface area is 160 Å². The minimum atomic E-state index is -0.355. The van der Waals surface area contributed by atoms with Crippen molar-refractivity contribution in [3.8, 4) is 5.75 Å². The molecule has 1 amide bonds. The maximum Gasteiger partial charge on any atom is 0.254 e. The zero-order valence-electron chi connectivity index (χ0n) is 16.2. The van der Waals surface area contributed by atoms with Gasteiger partial charge in [-0.3, -0.25) is 9.59 Å². The number of nitrogens with one attached hydrogen (secondary N) is 1. The smallest absolute Gasteiger partial charge is 0.254 e. The molecule has 0 unspecified atom stereocenters. The van der Waals surface area contributed by atoms with Crippen LogP contribution in [0, 0.1) is 0 Å². The van der Waals surface area contributed by atoms with Crippen LogP contribution >= 0.6 is 0 Å². The maximum absolute atomic E-state index is 12.7. The first kappa shape index (κ1) is 20.5. The molecule has 0 spiro atoms. The number of benzene rings is 2. The molecule has 0 radical (unpaired) electrons. The van der Waals surface area contributed by atoms with E-state index in [-0.39, 0.29) is 41.6 Å². The number of amides is 1. The molecule has 0 saturated carbocycles. The summed E-state index contributed by atoms with van der Waals surface area (Å²) in [7, 11) is 0. The predicted octanol–water partition coefficient (Wildman–Crippen LogP) is 3.54. The molecule has 2 rings (SSSR count). The number of hydrogen-bond acceptors (Lipinski definition) is 5. The SMILES string of the molecule is CC(C)N(C(=O)c1ccc(Nc2cccc(O)c2C(=O)CN)cc1)C(C)C. The van der Waals surface area contributed by atoms with Crippen molar-refractivity contribution < 1.29 is 14.7 Å². The number of nitrogens with two attached hydrogens (primary N) is 1. The van der Waals surface area contributed by atoms with Gasteiger partial charge in [-0.25, -0.2) is 0 Å². The van der Waals surface area contributed by atoms with Gasteiger partial charge in [0.15, 0.2) is 5.78 Å². The Bertz CT molecular complexity index is 806. The second kappa shape index (κ2) is 8.68. The van der Waals surface area contributed by atoms with E-state index in [9.17, 15) is 14.7 Å². The molecule has 0 aliphatic heterocycles. The number of hydrogen-bond donors (Lipinski definition) is 3. The fraction of sp³-hybridized carbons (Fsp3) is 0.333. The van der Waals surface area contributed by atoms with Crippen LogP contribution in [0.2, 0.25) is 0 Å². The standard InChI is InChI=1S/C21H27N3O3/c1-13(2)24(14(3)4)21(27)15-8-10-16(11-9-15)23-17-6-5-7-18(25)20(17)19(26)12-22/h5-11,13-14,23,25H,12,22H2,1-4H3. The van der Waals surface area contributed by atoms with Gasteiger partial charge in [0.25, 0.3) is 5.91 Å². The van der Waals surface area contributed by atoms with Crippen molar-refractivity contribution in [2.45, 2.75) is 39.8 Å². The Hall–Kier alpha value is -2.86. The van der Waals surface area contributed by atoms with Gasteiger partial charge in [0.05, 0.1) is 17.8 Å². The maximum atomic E-state index is 12.7. The second-order valence-corrected chi connectivity index (χ2v) is 6.93. The Balaban J connectivity index is 2.26. The third kappa shape index (κ3) is 4.65. The summed E-state index contributed by atoms with van der Waals surface area (Å²) >= 11 is 0. The topological polar surface area (TPSA) is 95.7 Å². The minimum absolute atomic E-state index is 0.0251. The van der Waals surface area contributed by atoms with Crippen LogP contribution in [0.1, 0.15) is 48.4 Å². The van der Waals surface area contributed by atoms with Crippen molar-refractivity contribution in [1.82, 2.24) is 4.90 Å². The number of Topliss-reactive ketones (excluding diaryl/α,β-unsaturated/α-hetero) is 1. The average molecular weight is 369 g/mol. The predicted molar refractivity (Wildman–Crippen MR) is 108 cm³/mol. The van der Waals surface area contributed by atoms with Gasteiger partial charge in [0.1, 0.15) is 5.75 Å². The zero-order valence-corrected chi connectivity index (χ0v) is 16.2. The Kier molecular flexibility index (Phi) is 6.58. The van der Waals surface area contributed by atoms with Crippen molar-refractivity contribution in [3.63, 3.8) is 0 Å². The third-order valence-corrected chi connectivity index (χ3v) is 4.26. The molecule has 0 fully saturated rings. The average Bonchev–Trinajstić information content (AvgIpc) is 2.61. The lowest BCUT2D eigenvalue weighted by Crippen LogP contribution is -2.42. The number of aromatic hydroxyl groups is 1. The first-order chi connectivity index (χ1) is 12.8. The first-order valence-electron chi connectivity index (χ1n) is 9.01. The molecule has 0 bridgehead atoms. The van der Waals surface area contributed by atoms with Crippen LogP contribution in [0.3, 0.4) is 0 Å². The summed E-state index contributed by atoms with van der Waals surface area (Å²) in [6.07, 6.45) is 0. The molecule has 144 valence electrons. The molecule has 2 aromatic carbocycles. The van der Waals surface area contributed by atoms with Crippen LogP contribution in [0.15, 0.2) is 42.5 Å². The van der Waals surface area contributed by atoms with E-state index < -0.39 is 0 Å². The van der Waals surface area contributed by atoms with Crippen LogP contribution in [-0.4, -0.2) is 40.3 Å². The fourth-order valence-corrected chi connectivity index (χ4v) is 3.11. The molecule has 27 heavy (non-hydrogen) atoms. The summed E-state index contributed by atoms with van der Waals surface area (Å²) in [5, 5.41) is 13.1. The van der Waals surface area contributed by atoms with Crippen molar-refractivity contribution in [2.24, 2.45) is 5.73 Å². The molecule has 0 heterocycles. The van der Waals surface area contributed by atoms with Crippen LogP contribution in [0.5, 0.6) is 5.75 Å². The van der Waals surface area contributed by atoms with E-state index in [4.69, 9.17) is 5.73 Å². The van der Waals surface area contributed by atoms with E-state index in [2.05, 4.69) is 5.32 Å². The summed E-state index contributed by atoms with van der Waals surface area (Å²) < 4.78 is 0. The molecule has 2 aromatic rings. The fourth-order valence-electron chi connectivity index (χ4n) is 3.11. The van der Waals surface area contributed by atoms with Crippen molar-refractivity contribution in [2.75, 3.05) is 11.9 Å². The van der Waals surface area contributed by atoms with E-state index >= 15 is 0 Å². The van der Waals surface area contributed by atoms with E-state index in [1.165, 1.54) is 6.07 Å². The zero-order chi connectivity index (χ0) is 20.1. The van der Waals surface area contributed by atoms with Crippen LogP contribution in [-0.2, 0) is 0 Å². The monoisotopic (exact) mass is 369 g/mol. The van der Waals surface area contributed by atoms with Gasteiger partial charge < -0.3 is 21.1 Å². The Morgan fingerprint density at radius 2 is 1.63 bits per heavy atom. The molecular formula is C21H27N3O3. The largest absolute Gasteiger partial charge is 0.507 e. The lowest BCUT2D eigenvalue weighted by Gasteiger charge is -2.30. The molecule has 0 saturated heterocycles. The third-order valence-electron chi connectivity index (χ3n) is 4.26. The summed E-state index contributed by atoms with van der Waals surface area (Å²) in [5.74, 6) is -0.499. The summed E-state index contributed by atoms with van der Waals surface area (Å²) in [6.45, 7) is 7.77. The number of phenols is 1. The molecule has 0 aliphatic rings. The molecule has 0 aliphatic carbocycles. The van der Waals surface area contributed by atoms with E-state index in [1.807, 2.05) is 32.6 Å². The van der Waals surface area contributed by atoms with Gasteiger partial charge in [-0.15, -0.1) is 0 Å².